The van der Waals surface area contributed by atoms with Gasteiger partial charge in [0.25, 0.3) is 0 Å². The van der Waals surface area contributed by atoms with Crippen molar-refractivity contribution < 1.29 is 17.6 Å². The molecule has 17 heavy (non-hydrogen) atoms. The molecule has 0 saturated heterocycles. The number of benzene rings is 1. The molecule has 0 aliphatic rings. The highest BCUT2D eigenvalue weighted by Gasteiger charge is 2.30. The summed E-state index contributed by atoms with van der Waals surface area (Å²) in [6.45, 7) is 0.388. The minimum Gasteiger partial charge on any atom is -0.365 e. The van der Waals surface area contributed by atoms with Gasteiger partial charge in [0.05, 0.1) is 0 Å². The van der Waals surface area contributed by atoms with Gasteiger partial charge in [0.15, 0.2) is 0 Å². The molecular formula is C11H14F4N2. The fourth-order valence-electron chi connectivity index (χ4n) is 1.66. The van der Waals surface area contributed by atoms with Crippen LogP contribution in [0.2, 0.25) is 0 Å². The first-order valence-corrected chi connectivity index (χ1v) is 5.04. The molecule has 96 valence electrons. The van der Waals surface area contributed by atoms with Gasteiger partial charge in [-0.15, -0.1) is 0 Å². The molecule has 6 heteroatoms. The summed E-state index contributed by atoms with van der Waals surface area (Å²) in [6, 6.07) is 3.31. The monoisotopic (exact) mass is 250 g/mol. The van der Waals surface area contributed by atoms with E-state index in [0.717, 1.165) is 4.90 Å². The lowest BCUT2D eigenvalue weighted by molar-refractivity contribution is -0.119. The molecule has 2 nitrogen and oxygen atoms in total. The fraction of sp³-hybridized carbons (Fsp3) is 0.455. The van der Waals surface area contributed by atoms with Crippen molar-refractivity contribution >= 4 is 5.69 Å². The van der Waals surface area contributed by atoms with Gasteiger partial charge < -0.3 is 10.6 Å². The van der Waals surface area contributed by atoms with E-state index >= 15 is 0 Å². The van der Waals surface area contributed by atoms with E-state index in [4.69, 9.17) is 5.73 Å². The molecule has 2 N–H and O–H groups in total. The third-order valence-corrected chi connectivity index (χ3v) is 2.31. The third-order valence-electron chi connectivity index (χ3n) is 2.31. The minimum atomic E-state index is -4.34. The predicted molar refractivity (Wildman–Crippen MR) is 58.3 cm³/mol. The van der Waals surface area contributed by atoms with Gasteiger partial charge in [-0.2, -0.15) is 13.2 Å². The molecule has 1 atom stereocenters. The van der Waals surface area contributed by atoms with Gasteiger partial charge in [-0.05, 0) is 19.1 Å². The Morgan fingerprint density at radius 1 is 1.35 bits per heavy atom. The van der Waals surface area contributed by atoms with Crippen molar-refractivity contribution in [1.82, 2.24) is 0 Å². The number of anilines is 1. The number of halogens is 4. The quantitative estimate of drug-likeness (QED) is 0.836. The Morgan fingerprint density at radius 3 is 2.41 bits per heavy atom. The Kier molecular flexibility index (Phi) is 3.98. The molecule has 0 spiro atoms. The van der Waals surface area contributed by atoms with Crippen molar-refractivity contribution in [2.45, 2.75) is 19.1 Å². The molecule has 0 aromatic heterocycles. The molecule has 0 bridgehead atoms. The summed E-state index contributed by atoms with van der Waals surface area (Å²) in [6.07, 6.45) is -4.34. The molecule has 0 aliphatic heterocycles. The van der Waals surface area contributed by atoms with Gasteiger partial charge in [0, 0.05) is 24.3 Å². The molecule has 0 amide bonds. The van der Waals surface area contributed by atoms with Crippen molar-refractivity contribution in [2.75, 3.05) is 18.5 Å². The van der Waals surface area contributed by atoms with Crippen LogP contribution in [-0.2, 0) is 0 Å². The minimum absolute atomic E-state index is 0.0965. The SMILES string of the molecule is C[C@@H](N)c1c(F)cccc1N(C)CC(F)(F)F. The summed E-state index contributed by atoms with van der Waals surface area (Å²) < 4.78 is 50.3. The van der Waals surface area contributed by atoms with Crippen LogP contribution in [0.1, 0.15) is 18.5 Å². The smallest absolute Gasteiger partial charge is 0.365 e. The highest BCUT2D eigenvalue weighted by molar-refractivity contribution is 5.55. The third kappa shape index (κ3) is 3.59. The van der Waals surface area contributed by atoms with Crippen LogP contribution in [-0.4, -0.2) is 19.8 Å². The zero-order valence-corrected chi connectivity index (χ0v) is 9.55. The van der Waals surface area contributed by atoms with Gasteiger partial charge in [-0.3, -0.25) is 0 Å². The standard InChI is InChI=1S/C11H14F4N2/c1-7(16)10-8(12)4-3-5-9(10)17(2)6-11(13,14)15/h3-5,7H,6,16H2,1-2H3/t7-/m1/s1. The second-order valence-corrected chi connectivity index (χ2v) is 3.93. The maximum absolute atomic E-state index is 13.5. The lowest BCUT2D eigenvalue weighted by Crippen LogP contribution is -2.32. The van der Waals surface area contributed by atoms with Crippen LogP contribution in [0.3, 0.4) is 0 Å². The van der Waals surface area contributed by atoms with Crippen LogP contribution in [0.4, 0.5) is 23.2 Å². The van der Waals surface area contributed by atoms with Crippen molar-refractivity contribution in [3.05, 3.63) is 29.6 Å². The van der Waals surface area contributed by atoms with E-state index in [1.165, 1.54) is 32.2 Å². The lowest BCUT2D eigenvalue weighted by atomic mass is 10.1. The summed E-state index contributed by atoms with van der Waals surface area (Å²) in [4.78, 5) is 0.946. The first-order valence-electron chi connectivity index (χ1n) is 5.04. The maximum Gasteiger partial charge on any atom is 0.405 e. The average molecular weight is 250 g/mol. The van der Waals surface area contributed by atoms with Gasteiger partial charge in [-0.25, -0.2) is 4.39 Å². The molecule has 0 radical (unpaired) electrons. The van der Waals surface area contributed by atoms with Crippen molar-refractivity contribution in [2.24, 2.45) is 5.73 Å². The molecule has 1 aromatic rings. The average Bonchev–Trinajstić information content (AvgIpc) is 2.13. The highest BCUT2D eigenvalue weighted by Crippen LogP contribution is 2.29. The molecule has 0 heterocycles. The zero-order chi connectivity index (χ0) is 13.2. The van der Waals surface area contributed by atoms with E-state index in [0.29, 0.717) is 0 Å². The Balaban J connectivity index is 3.09. The lowest BCUT2D eigenvalue weighted by Gasteiger charge is -2.25. The number of nitrogens with two attached hydrogens (primary N) is 1. The van der Waals surface area contributed by atoms with E-state index in [-0.39, 0.29) is 11.3 Å². The van der Waals surface area contributed by atoms with E-state index in [1.807, 2.05) is 0 Å². The fourth-order valence-corrected chi connectivity index (χ4v) is 1.66. The first kappa shape index (κ1) is 13.8. The Morgan fingerprint density at radius 2 is 1.94 bits per heavy atom. The molecule has 0 saturated carbocycles. The molecule has 1 aromatic carbocycles. The van der Waals surface area contributed by atoms with Crippen LogP contribution in [0.5, 0.6) is 0 Å². The molecule has 0 unspecified atom stereocenters. The number of hydrogen-bond donors (Lipinski definition) is 1. The highest BCUT2D eigenvalue weighted by atomic mass is 19.4. The van der Waals surface area contributed by atoms with Crippen LogP contribution < -0.4 is 10.6 Å². The molecule has 0 aliphatic carbocycles. The Hall–Kier alpha value is -1.30. The van der Waals surface area contributed by atoms with E-state index < -0.39 is 24.6 Å². The van der Waals surface area contributed by atoms with Gasteiger partial charge in [0.2, 0.25) is 0 Å². The van der Waals surface area contributed by atoms with Crippen LogP contribution in [0.25, 0.3) is 0 Å². The molecule has 0 fully saturated rings. The Bertz CT molecular complexity index is 388. The first-order chi connectivity index (χ1) is 7.72. The summed E-state index contributed by atoms with van der Waals surface area (Å²) in [7, 11) is 1.26. The Labute approximate surface area is 97.0 Å². The zero-order valence-electron chi connectivity index (χ0n) is 9.55. The van der Waals surface area contributed by atoms with Gasteiger partial charge in [-0.1, -0.05) is 6.07 Å². The van der Waals surface area contributed by atoms with E-state index in [2.05, 4.69) is 0 Å². The number of nitrogens with zero attached hydrogens (tertiary/aromatic N) is 1. The van der Waals surface area contributed by atoms with E-state index in [9.17, 15) is 17.6 Å². The van der Waals surface area contributed by atoms with Crippen molar-refractivity contribution in [3.8, 4) is 0 Å². The largest absolute Gasteiger partial charge is 0.405 e. The topological polar surface area (TPSA) is 29.3 Å². The normalized spacial score (nSPS) is 13.6. The number of alkyl halides is 3. The van der Waals surface area contributed by atoms with Crippen LogP contribution in [0.15, 0.2) is 18.2 Å². The van der Waals surface area contributed by atoms with Crippen molar-refractivity contribution in [3.63, 3.8) is 0 Å². The summed E-state index contributed by atoms with van der Waals surface area (Å²) >= 11 is 0. The second kappa shape index (κ2) is 4.91. The maximum atomic E-state index is 13.5. The second-order valence-electron chi connectivity index (χ2n) is 3.93. The van der Waals surface area contributed by atoms with E-state index in [1.54, 1.807) is 0 Å². The summed E-state index contributed by atoms with van der Waals surface area (Å²) in [5.41, 5.74) is 5.83. The van der Waals surface area contributed by atoms with Crippen LogP contribution in [0, 0.1) is 5.82 Å². The summed E-state index contributed by atoms with van der Waals surface area (Å²) in [5, 5.41) is 0. The van der Waals surface area contributed by atoms with Gasteiger partial charge >= 0.3 is 6.18 Å². The molecule has 1 rings (SSSR count). The number of rotatable bonds is 3. The predicted octanol–water partition coefficient (Wildman–Crippen LogP) is 2.84. The van der Waals surface area contributed by atoms with Crippen molar-refractivity contribution in [1.29, 1.82) is 0 Å². The molecular weight excluding hydrogens is 236 g/mol. The van der Waals surface area contributed by atoms with Gasteiger partial charge in [0.1, 0.15) is 12.4 Å². The number of hydrogen-bond acceptors (Lipinski definition) is 2. The van der Waals surface area contributed by atoms with Crippen LogP contribution >= 0.6 is 0 Å². The summed E-state index contributed by atoms with van der Waals surface area (Å²) in [5.74, 6) is -0.591.